The number of hydroxylamine groups is 2. The van der Waals surface area contributed by atoms with Crippen LogP contribution in [-0.2, 0) is 121 Å². The molecule has 5 rings (SSSR count). The lowest BCUT2D eigenvalue weighted by molar-refractivity contribution is -0.181. The maximum atomic E-state index is 15.4. The standard InChI is InChI=1S/C50H70F2N10O13S.C28H46N4O12.C11H21NO7.C7H16O4/c1-7-36(28-63)75-42(71-5)30-74-49(69)56-25-22-41(64)59-43(32(2)3)45(66)58-40(15-11-23-54-47(53)67)44(65)57-35-19-16-33(17-20-35)29-73-48(68)55-24-12-26-76(37-13-9-8-10-14-37)31-62(50(70)61(4)72-6)60-46(76)38-27-34(51)18-21-39(38)52;1-3-22(19-33)44-27(40-2)20-43-28(39)31-11-8-23(35)29-12-13-30-24(36)10-16-42-18-17-41-15-4-5-21(34)9-14-32-25(37)6-7-26(32)38;1-3-8(6-13)19-10(17-2)7-18-11(16)12-5-4-9(14)15;1-3-6(4-8)11-7(5-9)10-2/h8-10,13-14,16-21,27,32,36,40,42-43,63H,7,11-12,15,22-26,28-31H2,1-6H3,(H,55,68)(H,56,69)(H,57,65)(H,58,66)(H,59,64)(H3,53,54,67);6-7,22,27,33H,3-5,8-20H2,1-2H3,(H,29,35)(H,30,36)(H,31,39);8,10,13H,3-7H2,1-2H3,(H,12,16)(H,14,15);6-9H,3-5H2,1-2H3/t36?,40-,42?,43-;;;/m0.../s1. The number of methoxy groups -OCH3 is 4. The van der Waals surface area contributed by atoms with Crippen molar-refractivity contribution in [1.82, 2.24) is 62.8 Å². The van der Waals surface area contributed by atoms with Gasteiger partial charge in [-0.3, -0.25) is 52.9 Å². The van der Waals surface area contributed by atoms with Crippen molar-refractivity contribution in [3.63, 3.8) is 0 Å². The van der Waals surface area contributed by atoms with Gasteiger partial charge in [-0.25, -0.2) is 47.6 Å². The maximum Gasteiger partial charge on any atom is 0.407 e. The van der Waals surface area contributed by atoms with Crippen LogP contribution in [0.2, 0.25) is 0 Å². The lowest BCUT2D eigenvalue weighted by Gasteiger charge is -2.37. The molecule has 150 heavy (non-hydrogen) atoms. The van der Waals surface area contributed by atoms with Crippen molar-refractivity contribution in [2.75, 3.05) is 191 Å². The zero-order chi connectivity index (χ0) is 112. The van der Waals surface area contributed by atoms with Gasteiger partial charge in [0.05, 0.1) is 96.7 Å². The molecule has 0 fully saturated rings. The number of halogens is 2. The quantitative estimate of drug-likeness (QED) is 0.0126. The van der Waals surface area contributed by atoms with Crippen LogP contribution in [0.25, 0.3) is 0 Å². The van der Waals surface area contributed by atoms with Crippen molar-refractivity contribution in [2.45, 2.75) is 205 Å². The Labute approximate surface area is 872 Å². The number of carbonyl (C=O) groups is 15. The van der Waals surface area contributed by atoms with Gasteiger partial charge in [0.2, 0.25) is 29.5 Å². The molecule has 9 unspecified atom stereocenters. The number of aliphatic hydroxyl groups is 5. The molecule has 54 heteroatoms. The number of hydrogen-bond donors (Lipinski definition) is 17. The molecule has 848 valence electrons. The van der Waals surface area contributed by atoms with E-state index in [0.717, 1.165) is 33.1 Å². The average molecular weight is 2160 g/mol. The Morgan fingerprint density at radius 2 is 0.987 bits per heavy atom. The Kier molecular flexibility index (Phi) is 70.5. The second-order valence-electron chi connectivity index (χ2n) is 32.9. The van der Waals surface area contributed by atoms with Crippen molar-refractivity contribution in [1.29, 1.82) is 0 Å². The molecule has 15 amide bonds. The van der Waals surface area contributed by atoms with Gasteiger partial charge in [0, 0.05) is 150 Å². The van der Waals surface area contributed by atoms with Crippen LogP contribution >= 0.6 is 10.0 Å². The highest BCUT2D eigenvalue weighted by Gasteiger charge is 2.44. The van der Waals surface area contributed by atoms with E-state index in [-0.39, 0.29) is 223 Å². The van der Waals surface area contributed by atoms with E-state index in [1.165, 1.54) is 59.8 Å². The minimum Gasteiger partial charge on any atom is -0.481 e. The third-order valence-corrected chi connectivity index (χ3v) is 25.3. The first-order valence-corrected chi connectivity index (χ1v) is 50.7. The van der Waals surface area contributed by atoms with Crippen LogP contribution in [0.5, 0.6) is 0 Å². The van der Waals surface area contributed by atoms with Gasteiger partial charge in [-0.15, -0.1) is 10.0 Å². The van der Waals surface area contributed by atoms with Crippen molar-refractivity contribution in [3.05, 3.63) is 108 Å². The summed E-state index contributed by atoms with van der Waals surface area (Å²) in [5, 5.41) is 85.8. The molecule has 0 spiro atoms. The monoisotopic (exact) mass is 2160 g/mol. The number of primary amides is 1. The Bertz CT molecular complexity index is 4520. The van der Waals surface area contributed by atoms with Crippen molar-refractivity contribution in [2.24, 2.45) is 16.8 Å². The fourth-order valence-corrected chi connectivity index (χ4v) is 16.6. The molecule has 0 aliphatic carbocycles. The van der Waals surface area contributed by atoms with Crippen LogP contribution in [0.3, 0.4) is 0 Å². The molecule has 11 atom stereocenters. The summed E-state index contributed by atoms with van der Waals surface area (Å²) in [5.74, 6) is -5.71. The number of nitrogens with one attached hydrogen (secondary N) is 10. The van der Waals surface area contributed by atoms with Crippen LogP contribution in [0, 0.1) is 17.6 Å². The van der Waals surface area contributed by atoms with Crippen LogP contribution < -0.4 is 58.9 Å². The summed E-state index contributed by atoms with van der Waals surface area (Å²) < 4.78 is 102. The number of amides is 15. The second-order valence-corrected chi connectivity index (χ2v) is 36.2. The molecule has 0 saturated carbocycles. The van der Waals surface area contributed by atoms with Crippen molar-refractivity contribution >= 4 is 110 Å². The molecule has 3 aromatic carbocycles. The van der Waals surface area contributed by atoms with Crippen molar-refractivity contribution in [3.8, 4) is 0 Å². The normalized spacial score (nSPS) is 15.3. The molecule has 3 aromatic rings. The largest absolute Gasteiger partial charge is 0.481 e. The summed E-state index contributed by atoms with van der Waals surface area (Å²) >= 11 is 0. The molecule has 2 heterocycles. The highest BCUT2D eigenvalue weighted by Crippen LogP contribution is 2.62. The number of ketones is 1. The number of Topliss-reactive ketones (excluding diaryl/α,β-unsaturated/α-hetero) is 1. The minimum atomic E-state index is -2.35. The number of anilines is 1. The van der Waals surface area contributed by atoms with E-state index in [4.69, 9.17) is 102 Å². The number of urea groups is 2. The molecule has 18 N–H and O–H groups in total. The van der Waals surface area contributed by atoms with E-state index in [2.05, 4.69) is 58.3 Å². The van der Waals surface area contributed by atoms with Gasteiger partial charge in [-0.1, -0.05) is 71.9 Å². The highest BCUT2D eigenvalue weighted by molar-refractivity contribution is 8.46. The van der Waals surface area contributed by atoms with E-state index in [1.54, 1.807) is 50.2 Å². The van der Waals surface area contributed by atoms with E-state index < -0.39 is 149 Å². The molecule has 0 saturated heterocycles. The number of aliphatic hydroxyl groups excluding tert-OH is 5. The van der Waals surface area contributed by atoms with Crippen LogP contribution in [0.1, 0.15) is 143 Å². The van der Waals surface area contributed by atoms with Gasteiger partial charge in [0.15, 0.2) is 25.2 Å². The SMILES string of the molecule is CCC(CO)OC(CO)OC.CCC(CO)OC(COC(=O)NCCC(=O)NCCNC(=O)CCOCCOCCCC(=O)CCN1C(=O)C=CC1=O)OC.CCC(CO)OC(COC(=O)NCCC(=O)N[C@H](C(=O)N[C@@H](CCCNC(N)=O)C(=O)Nc1ccc(COC(=O)NCCCS2(c3ccccc3)CN(C(=O)N(C)OC)N=C2c2cc(F)ccc2F)cc1)C(C)C)OC.CCC(CO)OC(COC(=O)NCCC(=O)O)OC. The van der Waals surface area contributed by atoms with Crippen LogP contribution in [-0.4, -0.2) is 388 Å². The van der Waals surface area contributed by atoms with Gasteiger partial charge in [0.25, 0.3) is 11.8 Å². The first kappa shape index (κ1) is 134. The smallest absolute Gasteiger partial charge is 0.407 e. The molecule has 0 bridgehead atoms. The Morgan fingerprint density at radius 1 is 0.507 bits per heavy atom. The van der Waals surface area contributed by atoms with Crippen LogP contribution in [0.15, 0.2) is 94.9 Å². The number of hydrazone groups is 1. The number of aliphatic carboxylic acids is 1. The third kappa shape index (κ3) is 56.1. The molecular weight excluding hydrogens is 2010 g/mol. The maximum absolute atomic E-state index is 15.4. The van der Waals surface area contributed by atoms with Crippen molar-refractivity contribution < 1.29 is 182 Å². The molecule has 0 aromatic heterocycles. The summed E-state index contributed by atoms with van der Waals surface area (Å²) in [4.78, 5) is 189. The lowest BCUT2D eigenvalue weighted by atomic mass is 10.0. The Morgan fingerprint density at radius 3 is 1.47 bits per heavy atom. The fourth-order valence-electron chi connectivity index (χ4n) is 12.8. The van der Waals surface area contributed by atoms with E-state index in [9.17, 15) is 81.4 Å². The summed E-state index contributed by atoms with van der Waals surface area (Å²) in [7, 11) is 5.95. The number of alkyl carbamates (subject to hydrolysis) is 4. The molecule has 51 nitrogen and oxygen atoms in total. The molecular formula is C96H153F2N15O36S. The van der Waals surface area contributed by atoms with Gasteiger partial charge < -0.3 is 156 Å². The first-order valence-electron chi connectivity index (χ1n) is 48.7. The Balaban J connectivity index is 0.000000852. The average Bonchev–Trinajstić information content (AvgIpc) is 1.58. The number of carbonyl (C=O) groups excluding carboxylic acids is 14. The summed E-state index contributed by atoms with van der Waals surface area (Å²) in [5.41, 5.74) is 6.02. The van der Waals surface area contributed by atoms with E-state index in [0.29, 0.717) is 68.7 Å². The number of hydrogen-bond acceptors (Lipinski definition) is 36. The number of nitrogens with zero attached hydrogens (tertiary/aromatic N) is 4. The first-order chi connectivity index (χ1) is 71.8. The van der Waals surface area contributed by atoms with Gasteiger partial charge in [-0.05, 0) is 116 Å². The second kappa shape index (κ2) is 79.0. The van der Waals surface area contributed by atoms with E-state index in [1.807, 2.05) is 45.9 Å². The van der Waals surface area contributed by atoms with Crippen LogP contribution in [0.4, 0.5) is 43.2 Å². The number of benzene rings is 3. The lowest BCUT2D eigenvalue weighted by Crippen LogP contribution is -2.54. The van der Waals surface area contributed by atoms with Gasteiger partial charge >= 0.3 is 42.4 Å². The van der Waals surface area contributed by atoms with Gasteiger partial charge in [-0.2, -0.15) is 5.10 Å². The Hall–Kier alpha value is -12.1. The predicted molar refractivity (Wildman–Crippen MR) is 536 cm³/mol. The number of ether oxygens (including phenoxy) is 14. The number of rotatable bonds is 71. The summed E-state index contributed by atoms with van der Waals surface area (Å²) in [6.07, 6.45) is -1.71. The summed E-state index contributed by atoms with van der Waals surface area (Å²) in [6, 6.07) is 14.9. The van der Waals surface area contributed by atoms with E-state index >= 15 is 4.39 Å². The number of imide groups is 1. The summed E-state index contributed by atoms with van der Waals surface area (Å²) in [6.45, 7) is 11.0. The molecule has 0 radical (unpaired) electrons. The number of carboxylic acid groups (broad SMARTS) is 1. The van der Waals surface area contributed by atoms with Gasteiger partial charge in [0.1, 0.15) is 61.0 Å². The zero-order valence-corrected chi connectivity index (χ0v) is 87.9. The molecule has 2 aliphatic rings. The number of carboxylic acids is 1. The molecule has 2 aliphatic heterocycles. The predicted octanol–water partition coefficient (Wildman–Crippen LogP) is 3.45. The third-order valence-electron chi connectivity index (χ3n) is 21.4. The zero-order valence-electron chi connectivity index (χ0n) is 87.1. The minimum absolute atomic E-state index is 0.0130. The topological polar surface area (TPSA) is 684 Å². The fraction of sp³-hybridized carbons (Fsp3) is 0.625. The number of nitrogens with two attached hydrogens (primary N) is 1. The highest BCUT2D eigenvalue weighted by atomic mass is 32.3.